The van der Waals surface area contributed by atoms with Gasteiger partial charge in [0, 0.05) is 12.6 Å². The summed E-state index contributed by atoms with van der Waals surface area (Å²) in [5, 5.41) is 2.83. The quantitative estimate of drug-likeness (QED) is 0.854. The normalized spacial score (nSPS) is 16.7. The molecule has 0 bridgehead atoms. The molecule has 1 N–H and O–H groups in total. The Morgan fingerprint density at radius 2 is 2.04 bits per heavy atom. The molecule has 1 heterocycles. The topological polar surface area (TPSA) is 77.1 Å². The van der Waals surface area contributed by atoms with Crippen LogP contribution in [0, 0.1) is 5.92 Å². The molecular formula is C18H26N2O5. The molecule has 7 heteroatoms. The summed E-state index contributed by atoms with van der Waals surface area (Å²) in [6.07, 6.45) is 0.933. The molecule has 1 aromatic carbocycles. The van der Waals surface area contributed by atoms with Crippen LogP contribution in [0.1, 0.15) is 26.7 Å². The maximum Gasteiger partial charge on any atom is 0.410 e. The molecule has 1 aromatic rings. The lowest BCUT2D eigenvalue weighted by Crippen LogP contribution is -2.43. The number of ether oxygens (including phenoxy) is 3. The fourth-order valence-corrected chi connectivity index (χ4v) is 2.71. The van der Waals surface area contributed by atoms with Crippen molar-refractivity contribution in [2.24, 2.45) is 5.92 Å². The summed E-state index contributed by atoms with van der Waals surface area (Å²) in [6, 6.07) is 4.61. The average molecular weight is 350 g/mol. The highest BCUT2D eigenvalue weighted by Gasteiger charge is 2.35. The van der Waals surface area contributed by atoms with E-state index in [0.717, 1.165) is 6.42 Å². The Labute approximate surface area is 148 Å². The fourth-order valence-electron chi connectivity index (χ4n) is 2.71. The highest BCUT2D eigenvalue weighted by molar-refractivity contribution is 5.98. The zero-order chi connectivity index (χ0) is 18.4. The minimum atomic E-state index is -0.546. The SMILES string of the molecule is COc1ccc(OC)c(NC(=O)[C@H]2CCCN2C(=O)OCC(C)C)c1. The van der Waals surface area contributed by atoms with Crippen LogP contribution in [0.4, 0.5) is 10.5 Å². The molecule has 1 aliphatic rings. The van der Waals surface area contributed by atoms with Crippen molar-refractivity contribution < 1.29 is 23.8 Å². The number of anilines is 1. The number of carbonyl (C=O) groups excluding carboxylic acids is 2. The molecule has 0 saturated carbocycles. The lowest BCUT2D eigenvalue weighted by Gasteiger charge is -2.24. The zero-order valence-corrected chi connectivity index (χ0v) is 15.2. The van der Waals surface area contributed by atoms with Crippen molar-refractivity contribution >= 4 is 17.7 Å². The van der Waals surface area contributed by atoms with Crippen molar-refractivity contribution in [1.82, 2.24) is 4.90 Å². The number of methoxy groups -OCH3 is 2. The highest BCUT2D eigenvalue weighted by atomic mass is 16.6. The molecule has 0 radical (unpaired) electrons. The largest absolute Gasteiger partial charge is 0.497 e. The Hall–Kier alpha value is -2.44. The second-order valence-corrected chi connectivity index (χ2v) is 6.38. The van der Waals surface area contributed by atoms with E-state index in [9.17, 15) is 9.59 Å². The number of carbonyl (C=O) groups is 2. The highest BCUT2D eigenvalue weighted by Crippen LogP contribution is 2.30. The van der Waals surface area contributed by atoms with E-state index in [1.807, 2.05) is 13.8 Å². The first-order valence-electron chi connectivity index (χ1n) is 8.42. The van der Waals surface area contributed by atoms with Crippen molar-refractivity contribution in [3.63, 3.8) is 0 Å². The maximum atomic E-state index is 12.7. The second kappa shape index (κ2) is 8.60. The van der Waals surface area contributed by atoms with Gasteiger partial charge in [0.1, 0.15) is 17.5 Å². The summed E-state index contributed by atoms with van der Waals surface area (Å²) in [5.74, 6) is 1.13. The smallest absolute Gasteiger partial charge is 0.410 e. The molecule has 0 aliphatic carbocycles. The van der Waals surface area contributed by atoms with Gasteiger partial charge in [-0.15, -0.1) is 0 Å². The number of hydrogen-bond donors (Lipinski definition) is 1. The molecule has 1 atom stereocenters. The van der Waals surface area contributed by atoms with Crippen LogP contribution in [-0.4, -0.2) is 50.3 Å². The van der Waals surface area contributed by atoms with Crippen LogP contribution in [0.25, 0.3) is 0 Å². The second-order valence-electron chi connectivity index (χ2n) is 6.38. The van der Waals surface area contributed by atoms with Gasteiger partial charge in [-0.05, 0) is 30.9 Å². The number of nitrogens with zero attached hydrogens (tertiary/aromatic N) is 1. The Balaban J connectivity index is 2.08. The molecule has 0 spiro atoms. The van der Waals surface area contributed by atoms with Gasteiger partial charge in [0.25, 0.3) is 0 Å². The summed E-state index contributed by atoms with van der Waals surface area (Å²) in [5.41, 5.74) is 0.509. The Bertz CT molecular complexity index is 617. The third kappa shape index (κ3) is 4.78. The summed E-state index contributed by atoms with van der Waals surface area (Å²) in [7, 11) is 3.08. The number of nitrogens with one attached hydrogen (secondary N) is 1. The lowest BCUT2D eigenvalue weighted by atomic mass is 10.2. The van der Waals surface area contributed by atoms with Gasteiger partial charge in [0.2, 0.25) is 5.91 Å². The third-order valence-corrected chi connectivity index (χ3v) is 3.99. The van der Waals surface area contributed by atoms with Crippen molar-refractivity contribution in [1.29, 1.82) is 0 Å². The van der Waals surface area contributed by atoms with Crippen LogP contribution in [0.2, 0.25) is 0 Å². The van der Waals surface area contributed by atoms with Crippen LogP contribution >= 0.6 is 0 Å². The molecule has 0 aromatic heterocycles. The first-order valence-corrected chi connectivity index (χ1v) is 8.42. The maximum absolute atomic E-state index is 12.7. The predicted molar refractivity (Wildman–Crippen MR) is 94.1 cm³/mol. The number of likely N-dealkylation sites (tertiary alicyclic amines) is 1. The standard InChI is InChI=1S/C18H26N2O5/c1-12(2)11-25-18(22)20-9-5-6-15(20)17(21)19-14-10-13(23-3)7-8-16(14)24-4/h7-8,10,12,15H,5-6,9,11H2,1-4H3,(H,19,21)/t15-/m1/s1. The van der Waals surface area contributed by atoms with Gasteiger partial charge in [-0.1, -0.05) is 13.8 Å². The zero-order valence-electron chi connectivity index (χ0n) is 15.2. The molecule has 1 saturated heterocycles. The minimum Gasteiger partial charge on any atom is -0.497 e. The fraction of sp³-hybridized carbons (Fsp3) is 0.556. The van der Waals surface area contributed by atoms with Crippen LogP contribution < -0.4 is 14.8 Å². The molecule has 25 heavy (non-hydrogen) atoms. The van der Waals surface area contributed by atoms with Gasteiger partial charge >= 0.3 is 6.09 Å². The molecule has 0 unspecified atom stereocenters. The molecule has 7 nitrogen and oxygen atoms in total. The van der Waals surface area contributed by atoms with Crippen molar-refractivity contribution in [2.75, 3.05) is 32.7 Å². The first kappa shape index (κ1) is 18.9. The van der Waals surface area contributed by atoms with Crippen LogP contribution in [0.15, 0.2) is 18.2 Å². The molecule has 1 fully saturated rings. The van der Waals surface area contributed by atoms with Crippen molar-refractivity contribution in [2.45, 2.75) is 32.7 Å². The third-order valence-electron chi connectivity index (χ3n) is 3.99. The molecule has 2 rings (SSSR count). The Morgan fingerprint density at radius 1 is 1.28 bits per heavy atom. The van der Waals surface area contributed by atoms with E-state index in [4.69, 9.17) is 14.2 Å². The Kier molecular flexibility index (Phi) is 6.50. The number of amides is 2. The van der Waals surface area contributed by atoms with E-state index >= 15 is 0 Å². The summed E-state index contributed by atoms with van der Waals surface area (Å²) in [6.45, 7) is 4.80. The minimum absolute atomic E-state index is 0.250. The number of benzene rings is 1. The van der Waals surface area contributed by atoms with Crippen molar-refractivity contribution in [3.05, 3.63) is 18.2 Å². The van der Waals surface area contributed by atoms with Gasteiger partial charge in [0.05, 0.1) is 26.5 Å². The van der Waals surface area contributed by atoms with Crippen LogP contribution in [0.3, 0.4) is 0 Å². The van der Waals surface area contributed by atoms with E-state index < -0.39 is 12.1 Å². The molecular weight excluding hydrogens is 324 g/mol. The summed E-state index contributed by atoms with van der Waals surface area (Å²) >= 11 is 0. The first-order chi connectivity index (χ1) is 12.0. The van der Waals surface area contributed by atoms with Gasteiger partial charge in [-0.3, -0.25) is 9.69 Å². The van der Waals surface area contributed by atoms with Crippen LogP contribution in [0.5, 0.6) is 11.5 Å². The monoisotopic (exact) mass is 350 g/mol. The number of hydrogen-bond acceptors (Lipinski definition) is 5. The van der Waals surface area contributed by atoms with Gasteiger partial charge < -0.3 is 19.5 Å². The lowest BCUT2D eigenvalue weighted by molar-refractivity contribution is -0.120. The van der Waals surface area contributed by atoms with E-state index in [-0.39, 0.29) is 11.8 Å². The van der Waals surface area contributed by atoms with Gasteiger partial charge in [-0.25, -0.2) is 4.79 Å². The molecule has 2 amide bonds. The van der Waals surface area contributed by atoms with E-state index in [1.165, 1.54) is 12.0 Å². The summed E-state index contributed by atoms with van der Waals surface area (Å²) < 4.78 is 15.7. The Morgan fingerprint density at radius 3 is 2.68 bits per heavy atom. The number of rotatable bonds is 6. The average Bonchev–Trinajstić information content (AvgIpc) is 3.09. The van der Waals surface area contributed by atoms with E-state index in [0.29, 0.717) is 36.8 Å². The van der Waals surface area contributed by atoms with Gasteiger partial charge in [-0.2, -0.15) is 0 Å². The summed E-state index contributed by atoms with van der Waals surface area (Å²) in [4.78, 5) is 26.4. The van der Waals surface area contributed by atoms with Crippen LogP contribution in [-0.2, 0) is 9.53 Å². The van der Waals surface area contributed by atoms with Crippen molar-refractivity contribution in [3.8, 4) is 11.5 Å². The van der Waals surface area contributed by atoms with E-state index in [2.05, 4.69) is 5.32 Å². The predicted octanol–water partition coefficient (Wildman–Crippen LogP) is 2.90. The van der Waals surface area contributed by atoms with E-state index in [1.54, 1.807) is 25.3 Å². The van der Waals surface area contributed by atoms with Gasteiger partial charge in [0.15, 0.2) is 0 Å². The molecule has 1 aliphatic heterocycles. The molecule has 138 valence electrons.